The minimum absolute atomic E-state index is 0.111. The minimum atomic E-state index is -3.60. The molecule has 0 bridgehead atoms. The van der Waals surface area contributed by atoms with E-state index in [9.17, 15) is 8.42 Å². The Morgan fingerprint density at radius 1 is 1.44 bits per heavy atom. The molecule has 1 aromatic heterocycles. The van der Waals surface area contributed by atoms with Gasteiger partial charge in [0.15, 0.2) is 0 Å². The second-order valence-electron chi connectivity index (χ2n) is 5.22. The first kappa shape index (κ1) is 13.6. The van der Waals surface area contributed by atoms with Crippen molar-refractivity contribution in [1.82, 2.24) is 4.72 Å². The molecule has 102 valence electrons. The van der Waals surface area contributed by atoms with Crippen LogP contribution in [0.25, 0.3) is 0 Å². The highest BCUT2D eigenvalue weighted by molar-refractivity contribution is 7.89. The van der Waals surface area contributed by atoms with E-state index in [-0.39, 0.29) is 22.9 Å². The summed E-state index contributed by atoms with van der Waals surface area (Å²) in [7, 11) is -3.60. The lowest BCUT2D eigenvalue weighted by Crippen LogP contribution is -2.32. The Hall–Kier alpha value is -0.850. The van der Waals surface area contributed by atoms with Crippen LogP contribution in [0.3, 0.4) is 0 Å². The first-order valence-electron chi connectivity index (χ1n) is 6.09. The summed E-state index contributed by atoms with van der Waals surface area (Å²) in [5.74, 6) is 0.713. The summed E-state index contributed by atoms with van der Waals surface area (Å²) in [6, 6.07) is 2.83. The summed E-state index contributed by atoms with van der Waals surface area (Å²) in [6.07, 6.45) is 2.13. The van der Waals surface area contributed by atoms with E-state index < -0.39 is 10.0 Å². The van der Waals surface area contributed by atoms with Gasteiger partial charge in [0, 0.05) is 6.54 Å². The van der Waals surface area contributed by atoms with Crippen LogP contribution in [-0.4, -0.2) is 20.1 Å². The molecule has 0 unspecified atom stereocenters. The number of nitrogens with one attached hydrogen (secondary N) is 1. The van der Waals surface area contributed by atoms with Gasteiger partial charge in [0.05, 0.1) is 0 Å². The fourth-order valence-corrected chi connectivity index (χ4v) is 3.10. The van der Waals surface area contributed by atoms with Crippen molar-refractivity contribution in [3.8, 4) is 0 Å². The molecule has 0 aliphatic heterocycles. The van der Waals surface area contributed by atoms with Gasteiger partial charge in [-0.15, -0.1) is 0 Å². The summed E-state index contributed by atoms with van der Waals surface area (Å²) in [5, 5.41) is 8.72. The van der Waals surface area contributed by atoms with Crippen LogP contribution in [0.15, 0.2) is 21.6 Å². The van der Waals surface area contributed by atoms with Crippen molar-refractivity contribution in [2.75, 3.05) is 6.54 Å². The maximum absolute atomic E-state index is 12.0. The second-order valence-corrected chi connectivity index (χ2v) is 6.92. The van der Waals surface area contributed by atoms with Crippen molar-refractivity contribution < 1.29 is 17.9 Å². The zero-order valence-electron chi connectivity index (χ0n) is 10.6. The lowest BCUT2D eigenvalue weighted by atomic mass is 9.93. The minimum Gasteiger partial charge on any atom is -0.446 e. The molecule has 0 spiro atoms. The summed E-state index contributed by atoms with van der Waals surface area (Å²) in [5.41, 5.74) is 0.111. The van der Waals surface area contributed by atoms with Gasteiger partial charge in [-0.1, -0.05) is 13.8 Å². The molecule has 0 aromatic carbocycles. The fourth-order valence-electron chi connectivity index (χ4n) is 2.02. The first-order valence-corrected chi connectivity index (χ1v) is 7.57. The standard InChI is InChI=1S/C12H19NO4S/c1-9(2)12(5-6-12)8-13-18(15,16)11-4-3-10(7-14)17-11/h3-4,9,13-14H,5-8H2,1-2H3. The van der Waals surface area contributed by atoms with Crippen molar-refractivity contribution in [3.63, 3.8) is 0 Å². The topological polar surface area (TPSA) is 79.5 Å². The van der Waals surface area contributed by atoms with E-state index in [4.69, 9.17) is 9.52 Å². The molecule has 0 radical (unpaired) electrons. The Morgan fingerprint density at radius 2 is 2.11 bits per heavy atom. The molecule has 5 nitrogen and oxygen atoms in total. The van der Waals surface area contributed by atoms with E-state index in [0.717, 1.165) is 12.8 Å². The largest absolute Gasteiger partial charge is 0.446 e. The lowest BCUT2D eigenvalue weighted by Gasteiger charge is -2.19. The van der Waals surface area contributed by atoms with Crippen molar-refractivity contribution >= 4 is 10.0 Å². The van der Waals surface area contributed by atoms with Gasteiger partial charge in [0.25, 0.3) is 10.0 Å². The second kappa shape index (κ2) is 4.68. The van der Waals surface area contributed by atoms with Crippen LogP contribution in [0.2, 0.25) is 0 Å². The van der Waals surface area contributed by atoms with Crippen LogP contribution in [0, 0.1) is 11.3 Å². The first-order chi connectivity index (χ1) is 8.39. The van der Waals surface area contributed by atoms with Gasteiger partial charge in [-0.25, -0.2) is 13.1 Å². The Balaban J connectivity index is 2.04. The van der Waals surface area contributed by atoms with Gasteiger partial charge >= 0.3 is 0 Å². The fraction of sp³-hybridized carbons (Fsp3) is 0.667. The Morgan fingerprint density at radius 3 is 2.56 bits per heavy atom. The van der Waals surface area contributed by atoms with Crippen molar-refractivity contribution in [3.05, 3.63) is 17.9 Å². The molecule has 1 aromatic rings. The van der Waals surface area contributed by atoms with Crippen LogP contribution < -0.4 is 4.72 Å². The summed E-state index contributed by atoms with van der Waals surface area (Å²) in [6.45, 7) is 4.36. The average Bonchev–Trinajstić information content (AvgIpc) is 2.96. The van der Waals surface area contributed by atoms with Crippen LogP contribution in [-0.2, 0) is 16.6 Å². The number of sulfonamides is 1. The zero-order valence-corrected chi connectivity index (χ0v) is 11.5. The molecule has 2 rings (SSSR count). The van der Waals surface area contributed by atoms with Gasteiger partial charge in [-0.3, -0.25) is 0 Å². The Bertz CT molecular complexity index is 514. The molecule has 2 N–H and O–H groups in total. The molecule has 6 heteroatoms. The molecule has 1 fully saturated rings. The summed E-state index contributed by atoms with van der Waals surface area (Å²) < 4.78 is 31.6. The summed E-state index contributed by atoms with van der Waals surface area (Å²) >= 11 is 0. The van der Waals surface area contributed by atoms with E-state index in [0.29, 0.717) is 12.5 Å². The quantitative estimate of drug-likeness (QED) is 0.823. The van der Waals surface area contributed by atoms with Gasteiger partial charge < -0.3 is 9.52 Å². The molecule has 1 saturated carbocycles. The normalized spacial score (nSPS) is 18.2. The Labute approximate surface area is 107 Å². The van der Waals surface area contributed by atoms with Gasteiger partial charge in [0.2, 0.25) is 5.09 Å². The monoisotopic (exact) mass is 273 g/mol. The lowest BCUT2D eigenvalue weighted by molar-refractivity contribution is 0.236. The van der Waals surface area contributed by atoms with E-state index in [1.807, 2.05) is 0 Å². The molecule has 1 aliphatic rings. The van der Waals surface area contributed by atoms with Crippen LogP contribution in [0.5, 0.6) is 0 Å². The average molecular weight is 273 g/mol. The number of hydrogen-bond acceptors (Lipinski definition) is 4. The highest BCUT2D eigenvalue weighted by atomic mass is 32.2. The maximum Gasteiger partial charge on any atom is 0.273 e. The van der Waals surface area contributed by atoms with E-state index >= 15 is 0 Å². The van der Waals surface area contributed by atoms with E-state index in [1.54, 1.807) is 0 Å². The van der Waals surface area contributed by atoms with Crippen molar-refractivity contribution in [1.29, 1.82) is 0 Å². The predicted octanol–water partition coefficient (Wildman–Crippen LogP) is 1.49. The van der Waals surface area contributed by atoms with Crippen LogP contribution in [0.1, 0.15) is 32.4 Å². The van der Waals surface area contributed by atoms with Crippen LogP contribution >= 0.6 is 0 Å². The summed E-state index contributed by atoms with van der Waals surface area (Å²) in [4.78, 5) is 0. The molecule has 0 amide bonds. The number of rotatable bonds is 6. The number of furan rings is 1. The van der Waals surface area contributed by atoms with Crippen molar-refractivity contribution in [2.45, 2.75) is 38.4 Å². The van der Waals surface area contributed by atoms with Crippen molar-refractivity contribution in [2.24, 2.45) is 11.3 Å². The highest BCUT2D eigenvalue weighted by Gasteiger charge is 2.45. The SMILES string of the molecule is CC(C)C1(CNS(=O)(=O)c2ccc(CO)o2)CC1. The number of aliphatic hydroxyl groups is 1. The van der Waals surface area contributed by atoms with Gasteiger partial charge in [0.1, 0.15) is 12.4 Å². The third kappa shape index (κ3) is 2.60. The molecular weight excluding hydrogens is 254 g/mol. The third-order valence-electron chi connectivity index (χ3n) is 3.79. The third-order valence-corrected chi connectivity index (χ3v) is 5.06. The molecule has 1 aliphatic carbocycles. The molecule has 1 heterocycles. The highest BCUT2D eigenvalue weighted by Crippen LogP contribution is 2.51. The zero-order chi connectivity index (χ0) is 13.4. The maximum atomic E-state index is 12.0. The van der Waals surface area contributed by atoms with Crippen LogP contribution in [0.4, 0.5) is 0 Å². The molecule has 18 heavy (non-hydrogen) atoms. The molecule has 0 atom stereocenters. The smallest absolute Gasteiger partial charge is 0.273 e. The van der Waals surface area contributed by atoms with E-state index in [1.165, 1.54) is 12.1 Å². The van der Waals surface area contributed by atoms with Gasteiger partial charge in [-0.2, -0.15) is 0 Å². The van der Waals surface area contributed by atoms with Gasteiger partial charge in [-0.05, 0) is 36.3 Å². The number of hydrogen-bond donors (Lipinski definition) is 2. The molecule has 0 saturated heterocycles. The predicted molar refractivity (Wildman–Crippen MR) is 66.3 cm³/mol. The van der Waals surface area contributed by atoms with E-state index in [2.05, 4.69) is 18.6 Å². The Kier molecular flexibility index (Phi) is 3.53. The number of aliphatic hydroxyl groups excluding tert-OH is 1. The molecular formula is C12H19NO4S.